The molecule has 0 radical (unpaired) electrons. The minimum Gasteiger partial charge on any atom is -0.383 e. The summed E-state index contributed by atoms with van der Waals surface area (Å²) in [5.41, 5.74) is 0. The summed E-state index contributed by atoms with van der Waals surface area (Å²) in [5.74, 6) is -0.0193. The van der Waals surface area contributed by atoms with E-state index in [0.717, 1.165) is 13.0 Å². The van der Waals surface area contributed by atoms with Gasteiger partial charge in [0, 0.05) is 20.2 Å². The maximum atomic E-state index is 11.6. The Bertz CT molecular complexity index is 220. The number of ether oxygens (including phenoxy) is 3. The predicted octanol–water partition coefficient (Wildman–Crippen LogP) is -0.510. The number of carbonyl (C=O) groups is 1. The zero-order valence-electron chi connectivity index (χ0n) is 10.5. The Morgan fingerprint density at radius 2 is 2.41 bits per heavy atom. The lowest BCUT2D eigenvalue weighted by atomic mass is 10.2. The molecular weight excluding hydrogens is 224 g/mol. The van der Waals surface area contributed by atoms with Gasteiger partial charge in [-0.1, -0.05) is 0 Å². The molecule has 1 aliphatic heterocycles. The van der Waals surface area contributed by atoms with Crippen LogP contribution in [0.2, 0.25) is 0 Å². The van der Waals surface area contributed by atoms with Crippen LogP contribution in [0, 0.1) is 0 Å². The normalized spacial score (nSPS) is 22.1. The number of rotatable bonds is 7. The minimum atomic E-state index is -0.224. The average Bonchev–Trinajstić information content (AvgIpc) is 2.37. The first kappa shape index (κ1) is 14.4. The van der Waals surface area contributed by atoms with E-state index >= 15 is 0 Å². The summed E-state index contributed by atoms with van der Waals surface area (Å²) >= 11 is 0. The second-order valence-electron chi connectivity index (χ2n) is 4.02. The third-order valence-electron chi connectivity index (χ3n) is 2.62. The molecule has 1 fully saturated rings. The fourth-order valence-electron chi connectivity index (χ4n) is 1.49. The zero-order valence-corrected chi connectivity index (χ0v) is 10.5. The fourth-order valence-corrected chi connectivity index (χ4v) is 1.49. The van der Waals surface area contributed by atoms with Crippen molar-refractivity contribution in [2.45, 2.75) is 25.5 Å². The molecule has 2 atom stereocenters. The van der Waals surface area contributed by atoms with Gasteiger partial charge in [0.15, 0.2) is 0 Å². The van der Waals surface area contributed by atoms with E-state index in [0.29, 0.717) is 26.5 Å². The average molecular weight is 246 g/mol. The maximum Gasteiger partial charge on any atom is 0.236 e. The van der Waals surface area contributed by atoms with Crippen LogP contribution in [0.25, 0.3) is 0 Å². The minimum absolute atomic E-state index is 0.0193. The molecular formula is C11H22N2O4. The highest BCUT2D eigenvalue weighted by Gasteiger charge is 2.17. The molecule has 0 bridgehead atoms. The van der Waals surface area contributed by atoms with Crippen LogP contribution in [0.3, 0.4) is 0 Å². The van der Waals surface area contributed by atoms with E-state index in [4.69, 9.17) is 14.2 Å². The lowest BCUT2D eigenvalue weighted by Crippen LogP contribution is -2.46. The smallest absolute Gasteiger partial charge is 0.236 e. The fraction of sp³-hybridized carbons (Fsp3) is 0.909. The van der Waals surface area contributed by atoms with Crippen LogP contribution >= 0.6 is 0 Å². The van der Waals surface area contributed by atoms with Gasteiger partial charge in [-0.05, 0) is 13.3 Å². The van der Waals surface area contributed by atoms with Crippen molar-refractivity contribution in [2.24, 2.45) is 0 Å². The Labute approximate surface area is 102 Å². The van der Waals surface area contributed by atoms with Gasteiger partial charge in [-0.3, -0.25) is 4.79 Å². The van der Waals surface area contributed by atoms with Gasteiger partial charge in [0.05, 0.1) is 25.4 Å². The van der Waals surface area contributed by atoms with E-state index in [2.05, 4.69) is 10.6 Å². The molecule has 6 heteroatoms. The molecule has 0 aromatic heterocycles. The second kappa shape index (κ2) is 8.41. The molecule has 1 amide bonds. The van der Waals surface area contributed by atoms with Crippen molar-refractivity contribution < 1.29 is 19.0 Å². The van der Waals surface area contributed by atoms with Gasteiger partial charge in [-0.15, -0.1) is 0 Å². The van der Waals surface area contributed by atoms with Crippen molar-refractivity contribution in [1.82, 2.24) is 10.6 Å². The highest BCUT2D eigenvalue weighted by molar-refractivity contribution is 5.81. The van der Waals surface area contributed by atoms with Crippen molar-refractivity contribution in [3.8, 4) is 0 Å². The summed E-state index contributed by atoms with van der Waals surface area (Å²) in [6.07, 6.45) is 1.00. The molecule has 17 heavy (non-hydrogen) atoms. The lowest BCUT2D eigenvalue weighted by Gasteiger charge is -2.24. The van der Waals surface area contributed by atoms with E-state index in [1.165, 1.54) is 0 Å². The maximum absolute atomic E-state index is 11.6. The van der Waals surface area contributed by atoms with Crippen molar-refractivity contribution in [3.05, 3.63) is 0 Å². The number of methoxy groups -OCH3 is 1. The van der Waals surface area contributed by atoms with E-state index in [1.807, 2.05) is 6.92 Å². The third-order valence-corrected chi connectivity index (χ3v) is 2.62. The molecule has 1 aliphatic rings. The molecule has 0 saturated carbocycles. The predicted molar refractivity (Wildman–Crippen MR) is 62.7 cm³/mol. The monoisotopic (exact) mass is 246 g/mol. The van der Waals surface area contributed by atoms with Gasteiger partial charge < -0.3 is 24.8 Å². The van der Waals surface area contributed by atoms with Crippen LogP contribution in [0.15, 0.2) is 0 Å². The number of hydrogen-bond acceptors (Lipinski definition) is 5. The number of amides is 1. The van der Waals surface area contributed by atoms with Crippen LogP contribution in [0.4, 0.5) is 0 Å². The molecule has 100 valence electrons. The number of carbonyl (C=O) groups excluding carboxylic acids is 1. The Kier molecular flexibility index (Phi) is 7.11. The summed E-state index contributed by atoms with van der Waals surface area (Å²) in [4.78, 5) is 11.6. The molecule has 0 spiro atoms. The van der Waals surface area contributed by atoms with Gasteiger partial charge in [0.1, 0.15) is 6.79 Å². The Morgan fingerprint density at radius 1 is 1.59 bits per heavy atom. The summed E-state index contributed by atoms with van der Waals surface area (Å²) < 4.78 is 15.3. The number of nitrogens with one attached hydrogen (secondary N) is 2. The van der Waals surface area contributed by atoms with Crippen molar-refractivity contribution in [2.75, 3.05) is 40.2 Å². The van der Waals surface area contributed by atoms with Gasteiger partial charge in [0.2, 0.25) is 5.91 Å². The molecule has 2 N–H and O–H groups in total. The van der Waals surface area contributed by atoms with Crippen LogP contribution in [0.5, 0.6) is 0 Å². The first-order chi connectivity index (χ1) is 8.24. The summed E-state index contributed by atoms with van der Waals surface area (Å²) in [6.45, 7) is 4.64. The van der Waals surface area contributed by atoms with Gasteiger partial charge in [-0.2, -0.15) is 0 Å². The van der Waals surface area contributed by atoms with Crippen LogP contribution in [-0.4, -0.2) is 58.3 Å². The lowest BCUT2D eigenvalue weighted by molar-refractivity contribution is -0.138. The van der Waals surface area contributed by atoms with Crippen molar-refractivity contribution in [3.63, 3.8) is 0 Å². The summed E-state index contributed by atoms with van der Waals surface area (Å²) in [7, 11) is 1.61. The summed E-state index contributed by atoms with van der Waals surface area (Å²) in [6, 6.07) is -0.224. The highest BCUT2D eigenvalue weighted by Crippen LogP contribution is 2.04. The van der Waals surface area contributed by atoms with E-state index in [-0.39, 0.29) is 18.1 Å². The van der Waals surface area contributed by atoms with Crippen molar-refractivity contribution >= 4 is 5.91 Å². The Balaban J connectivity index is 2.10. The molecule has 6 nitrogen and oxygen atoms in total. The first-order valence-electron chi connectivity index (χ1n) is 5.93. The molecule has 0 aromatic rings. The second-order valence-corrected chi connectivity index (χ2v) is 4.02. The molecule has 1 rings (SSSR count). The SMILES string of the molecule is COCCNC(=O)C(C)NCC1CCOCO1. The summed E-state index contributed by atoms with van der Waals surface area (Å²) in [5, 5.41) is 5.92. The molecule has 0 aromatic carbocycles. The Morgan fingerprint density at radius 3 is 3.06 bits per heavy atom. The van der Waals surface area contributed by atoms with Crippen LogP contribution < -0.4 is 10.6 Å². The van der Waals surface area contributed by atoms with Crippen molar-refractivity contribution in [1.29, 1.82) is 0 Å². The van der Waals surface area contributed by atoms with Gasteiger partial charge >= 0.3 is 0 Å². The molecule has 0 aliphatic carbocycles. The zero-order chi connectivity index (χ0) is 12.5. The standard InChI is InChI=1S/C11H22N2O4/c1-9(11(14)12-4-6-15-2)13-7-10-3-5-16-8-17-10/h9-10,13H,3-8H2,1-2H3,(H,12,14). The van der Waals surface area contributed by atoms with E-state index in [1.54, 1.807) is 7.11 Å². The Hall–Kier alpha value is -0.690. The topological polar surface area (TPSA) is 68.8 Å². The quantitative estimate of drug-likeness (QED) is 0.592. The third kappa shape index (κ3) is 5.97. The molecule has 2 unspecified atom stereocenters. The first-order valence-corrected chi connectivity index (χ1v) is 5.93. The molecule has 1 saturated heterocycles. The van der Waals surface area contributed by atoms with E-state index in [9.17, 15) is 4.79 Å². The van der Waals surface area contributed by atoms with Crippen LogP contribution in [0.1, 0.15) is 13.3 Å². The van der Waals surface area contributed by atoms with Gasteiger partial charge in [0.25, 0.3) is 0 Å². The van der Waals surface area contributed by atoms with E-state index < -0.39 is 0 Å². The largest absolute Gasteiger partial charge is 0.383 e. The number of hydrogen-bond donors (Lipinski definition) is 2. The van der Waals surface area contributed by atoms with Gasteiger partial charge in [-0.25, -0.2) is 0 Å². The van der Waals surface area contributed by atoms with Crippen LogP contribution in [-0.2, 0) is 19.0 Å². The highest BCUT2D eigenvalue weighted by atomic mass is 16.7. The molecule has 1 heterocycles.